The number of amides is 2. The third-order valence-electron chi connectivity index (χ3n) is 4.62. The highest BCUT2D eigenvalue weighted by Crippen LogP contribution is 2.24. The summed E-state index contributed by atoms with van der Waals surface area (Å²) in [7, 11) is 0. The lowest BCUT2D eigenvalue weighted by Crippen LogP contribution is -2.35. The highest BCUT2D eigenvalue weighted by Gasteiger charge is 2.39. The van der Waals surface area contributed by atoms with Crippen molar-refractivity contribution < 1.29 is 19.2 Å². The molecule has 1 atom stereocenters. The molecule has 6 heteroatoms. The van der Waals surface area contributed by atoms with Crippen molar-refractivity contribution >= 4 is 28.6 Å². The lowest BCUT2D eigenvalue weighted by Gasteiger charge is -2.16. The zero-order valence-electron chi connectivity index (χ0n) is 14.6. The minimum absolute atomic E-state index is 0.237. The first-order chi connectivity index (χ1) is 13.1. The third kappa shape index (κ3) is 2.95. The number of carbonyl (C=O) groups is 3. The molecule has 1 unspecified atom stereocenters. The van der Waals surface area contributed by atoms with Crippen LogP contribution >= 0.6 is 0 Å². The molecular weight excluding hydrogens is 344 g/mol. The standard InChI is InChI=1S/C21H16N2O4/c1-13(10-15-12-22-11-14-6-2-3-7-16(14)15)21(26)27-23-19(24)17-8-4-5-9-18(17)20(23)25/h2-9,11-13H,10H2,1H3. The van der Waals surface area contributed by atoms with Crippen molar-refractivity contribution in [3.8, 4) is 0 Å². The first kappa shape index (κ1) is 16.9. The van der Waals surface area contributed by atoms with Crippen LogP contribution in [0.25, 0.3) is 10.8 Å². The first-order valence-corrected chi connectivity index (χ1v) is 8.57. The zero-order chi connectivity index (χ0) is 19.0. The highest BCUT2D eigenvalue weighted by molar-refractivity contribution is 6.20. The molecule has 2 amide bonds. The van der Waals surface area contributed by atoms with Crippen LogP contribution in [0.1, 0.15) is 33.2 Å². The molecular formula is C21H16N2O4. The molecule has 0 fully saturated rings. The van der Waals surface area contributed by atoms with Gasteiger partial charge in [-0.25, -0.2) is 4.79 Å². The van der Waals surface area contributed by atoms with E-state index in [9.17, 15) is 14.4 Å². The van der Waals surface area contributed by atoms with E-state index in [2.05, 4.69) is 4.98 Å². The van der Waals surface area contributed by atoms with Gasteiger partial charge in [0, 0.05) is 17.8 Å². The topological polar surface area (TPSA) is 76.6 Å². The Kier molecular flexibility index (Phi) is 4.16. The van der Waals surface area contributed by atoms with E-state index in [1.165, 1.54) is 12.1 Å². The predicted molar refractivity (Wildman–Crippen MR) is 97.6 cm³/mol. The molecule has 0 radical (unpaired) electrons. The van der Waals surface area contributed by atoms with E-state index in [4.69, 9.17) is 4.84 Å². The van der Waals surface area contributed by atoms with Gasteiger partial charge in [0.15, 0.2) is 0 Å². The summed E-state index contributed by atoms with van der Waals surface area (Å²) in [6.07, 6.45) is 3.87. The van der Waals surface area contributed by atoms with Gasteiger partial charge < -0.3 is 4.84 Å². The molecule has 0 spiro atoms. The summed E-state index contributed by atoms with van der Waals surface area (Å²) in [5.41, 5.74) is 1.38. The van der Waals surface area contributed by atoms with Gasteiger partial charge in [-0.1, -0.05) is 48.4 Å². The number of hydroxylamine groups is 2. The Labute approximate surface area is 155 Å². The number of fused-ring (bicyclic) bond motifs is 2. The number of pyridine rings is 1. The number of rotatable bonds is 4. The molecule has 1 aliphatic rings. The fourth-order valence-electron chi connectivity index (χ4n) is 3.18. The monoisotopic (exact) mass is 360 g/mol. The van der Waals surface area contributed by atoms with E-state index in [1.807, 2.05) is 24.3 Å². The SMILES string of the molecule is CC(Cc1cncc2ccccc12)C(=O)ON1C(=O)c2ccccc2C1=O. The molecule has 0 bridgehead atoms. The molecule has 27 heavy (non-hydrogen) atoms. The van der Waals surface area contributed by atoms with Crippen LogP contribution < -0.4 is 0 Å². The van der Waals surface area contributed by atoms with Gasteiger partial charge in [-0.15, -0.1) is 0 Å². The van der Waals surface area contributed by atoms with Crippen LogP contribution in [0.5, 0.6) is 0 Å². The van der Waals surface area contributed by atoms with Crippen molar-refractivity contribution in [3.05, 3.63) is 77.6 Å². The molecule has 0 saturated carbocycles. The number of hydrogen-bond donors (Lipinski definition) is 0. The Morgan fingerprint density at radius 3 is 2.33 bits per heavy atom. The quantitative estimate of drug-likeness (QED) is 0.668. The van der Waals surface area contributed by atoms with Gasteiger partial charge in [0.2, 0.25) is 0 Å². The highest BCUT2D eigenvalue weighted by atomic mass is 16.7. The predicted octanol–water partition coefficient (Wildman–Crippen LogP) is 3.17. The second kappa shape index (κ2) is 6.64. The molecule has 134 valence electrons. The molecule has 2 aromatic carbocycles. The van der Waals surface area contributed by atoms with E-state index >= 15 is 0 Å². The fourth-order valence-corrected chi connectivity index (χ4v) is 3.18. The second-order valence-corrected chi connectivity index (χ2v) is 6.49. The van der Waals surface area contributed by atoms with Crippen LogP contribution in [0, 0.1) is 5.92 Å². The molecule has 4 rings (SSSR count). The summed E-state index contributed by atoms with van der Waals surface area (Å²) >= 11 is 0. The summed E-state index contributed by atoms with van der Waals surface area (Å²) in [4.78, 5) is 46.5. The van der Waals surface area contributed by atoms with E-state index in [1.54, 1.807) is 31.5 Å². The van der Waals surface area contributed by atoms with Crippen molar-refractivity contribution in [1.29, 1.82) is 0 Å². The van der Waals surface area contributed by atoms with Crippen molar-refractivity contribution in [2.24, 2.45) is 5.92 Å². The van der Waals surface area contributed by atoms with E-state index in [0.29, 0.717) is 11.5 Å². The molecule has 1 aliphatic heterocycles. The maximum absolute atomic E-state index is 12.5. The minimum atomic E-state index is -0.641. The summed E-state index contributed by atoms with van der Waals surface area (Å²) in [6, 6.07) is 14.2. The van der Waals surface area contributed by atoms with Crippen LogP contribution in [-0.2, 0) is 16.1 Å². The largest absolute Gasteiger partial charge is 0.336 e. The van der Waals surface area contributed by atoms with Gasteiger partial charge in [0.05, 0.1) is 17.0 Å². The smallest absolute Gasteiger partial charge is 0.329 e. The molecule has 0 saturated heterocycles. The van der Waals surface area contributed by atoms with Crippen molar-refractivity contribution in [1.82, 2.24) is 10.0 Å². The first-order valence-electron chi connectivity index (χ1n) is 8.57. The molecule has 3 aromatic rings. The van der Waals surface area contributed by atoms with E-state index in [0.717, 1.165) is 16.3 Å². The maximum atomic E-state index is 12.5. The second-order valence-electron chi connectivity index (χ2n) is 6.49. The number of benzene rings is 2. The Balaban J connectivity index is 1.50. The molecule has 0 N–H and O–H groups in total. The van der Waals surface area contributed by atoms with Gasteiger partial charge in [-0.2, -0.15) is 0 Å². The molecule has 0 aliphatic carbocycles. The van der Waals surface area contributed by atoms with Crippen LogP contribution in [0.15, 0.2) is 60.9 Å². The number of hydrogen-bond acceptors (Lipinski definition) is 5. The summed E-state index contributed by atoms with van der Waals surface area (Å²) in [6.45, 7) is 1.70. The van der Waals surface area contributed by atoms with Gasteiger partial charge in [-0.05, 0) is 29.5 Å². The van der Waals surface area contributed by atoms with Crippen LogP contribution in [0.3, 0.4) is 0 Å². The fraction of sp³-hybridized carbons (Fsp3) is 0.143. The lowest BCUT2D eigenvalue weighted by molar-refractivity contribution is -0.173. The van der Waals surface area contributed by atoms with Gasteiger partial charge in [-0.3, -0.25) is 14.6 Å². The van der Waals surface area contributed by atoms with Gasteiger partial charge in [0.1, 0.15) is 0 Å². The van der Waals surface area contributed by atoms with Crippen molar-refractivity contribution in [2.75, 3.05) is 0 Å². The Bertz CT molecular complexity index is 1040. The molecule has 6 nitrogen and oxygen atoms in total. The van der Waals surface area contributed by atoms with Crippen molar-refractivity contribution in [2.45, 2.75) is 13.3 Å². The molecule has 2 heterocycles. The average Bonchev–Trinajstić information content (AvgIpc) is 2.93. The Morgan fingerprint density at radius 1 is 1.00 bits per heavy atom. The summed E-state index contributed by atoms with van der Waals surface area (Å²) in [5, 5.41) is 2.54. The average molecular weight is 360 g/mol. The Hall–Kier alpha value is -3.54. The third-order valence-corrected chi connectivity index (χ3v) is 4.62. The number of nitrogens with zero attached hydrogens (tertiary/aromatic N) is 2. The normalized spacial score (nSPS) is 14.3. The number of carbonyl (C=O) groups excluding carboxylic acids is 3. The van der Waals surface area contributed by atoms with Crippen LogP contribution in [0.2, 0.25) is 0 Å². The Morgan fingerprint density at radius 2 is 1.63 bits per heavy atom. The van der Waals surface area contributed by atoms with E-state index in [-0.39, 0.29) is 11.1 Å². The summed E-state index contributed by atoms with van der Waals surface area (Å²) < 4.78 is 0. The lowest BCUT2D eigenvalue weighted by atomic mass is 9.98. The van der Waals surface area contributed by atoms with E-state index < -0.39 is 23.7 Å². The number of aromatic nitrogens is 1. The minimum Gasteiger partial charge on any atom is -0.329 e. The van der Waals surface area contributed by atoms with Crippen LogP contribution in [-0.4, -0.2) is 27.8 Å². The van der Waals surface area contributed by atoms with Gasteiger partial charge in [0.25, 0.3) is 11.8 Å². The van der Waals surface area contributed by atoms with Crippen molar-refractivity contribution in [3.63, 3.8) is 0 Å². The number of imide groups is 1. The summed E-state index contributed by atoms with van der Waals surface area (Å²) in [5.74, 6) is -2.44. The van der Waals surface area contributed by atoms with Crippen LogP contribution in [0.4, 0.5) is 0 Å². The van der Waals surface area contributed by atoms with Gasteiger partial charge >= 0.3 is 5.97 Å². The zero-order valence-corrected chi connectivity index (χ0v) is 14.6. The molecule has 1 aromatic heterocycles. The maximum Gasteiger partial charge on any atom is 0.336 e.